The number of aryl methyl sites for hydroxylation is 1. The van der Waals surface area contributed by atoms with Crippen LogP contribution >= 0.6 is 0 Å². The third-order valence-electron chi connectivity index (χ3n) is 3.61. The summed E-state index contributed by atoms with van der Waals surface area (Å²) >= 11 is 0. The van der Waals surface area contributed by atoms with Gasteiger partial charge in [-0.1, -0.05) is 0 Å². The first-order chi connectivity index (χ1) is 11.2. The van der Waals surface area contributed by atoms with Crippen molar-refractivity contribution >= 4 is 11.6 Å². The van der Waals surface area contributed by atoms with Crippen LogP contribution < -0.4 is 15.8 Å². The summed E-state index contributed by atoms with van der Waals surface area (Å²) in [5.41, 5.74) is 0.447. The molecule has 1 unspecified atom stereocenters. The fraction of sp³-hybridized carbons (Fsp3) is 0.643. The molecule has 1 aromatic rings. The third kappa shape index (κ3) is 5.52. The topological polar surface area (TPSA) is 76.5 Å². The molecule has 0 aliphatic carbocycles. The Balaban J connectivity index is 1.82. The molecule has 2 rings (SSSR count). The van der Waals surface area contributed by atoms with Crippen LogP contribution in [0.3, 0.4) is 0 Å². The van der Waals surface area contributed by atoms with Crippen LogP contribution in [0.25, 0.3) is 0 Å². The lowest BCUT2D eigenvalue weighted by Gasteiger charge is -2.34. The number of morpholine rings is 1. The maximum atomic E-state index is 12.1. The number of carbonyl (C=O) groups is 1. The van der Waals surface area contributed by atoms with Gasteiger partial charge >= 0.3 is 6.18 Å². The van der Waals surface area contributed by atoms with Gasteiger partial charge in [-0.15, -0.1) is 0 Å². The highest BCUT2D eigenvalue weighted by molar-refractivity contribution is 5.76. The van der Waals surface area contributed by atoms with Gasteiger partial charge in [0.2, 0.25) is 5.91 Å². The largest absolute Gasteiger partial charge is 0.397 e. The number of anilines is 1. The molecular weight excluding hydrogens is 329 g/mol. The van der Waals surface area contributed by atoms with Crippen LogP contribution in [-0.2, 0) is 16.6 Å². The van der Waals surface area contributed by atoms with Gasteiger partial charge < -0.3 is 15.0 Å². The van der Waals surface area contributed by atoms with Crippen LogP contribution in [0.15, 0.2) is 17.1 Å². The number of amides is 1. The molecule has 1 N–H and O–H groups in total. The molecule has 0 spiro atoms. The zero-order valence-electron chi connectivity index (χ0n) is 13.2. The molecule has 134 valence electrons. The lowest BCUT2D eigenvalue weighted by atomic mass is 10.2. The van der Waals surface area contributed by atoms with E-state index in [0.29, 0.717) is 31.8 Å². The van der Waals surface area contributed by atoms with E-state index in [2.05, 4.69) is 10.4 Å². The van der Waals surface area contributed by atoms with Crippen LogP contribution in [0.1, 0.15) is 12.8 Å². The van der Waals surface area contributed by atoms with Crippen molar-refractivity contribution in [3.05, 3.63) is 22.6 Å². The zero-order valence-corrected chi connectivity index (χ0v) is 13.2. The molecule has 0 saturated carbocycles. The summed E-state index contributed by atoms with van der Waals surface area (Å²) in [6.45, 7) is 1.59. The summed E-state index contributed by atoms with van der Waals surface area (Å²) in [6, 6.07) is 1.47. The first kappa shape index (κ1) is 18.2. The van der Waals surface area contributed by atoms with E-state index in [1.807, 2.05) is 4.90 Å². The number of rotatable bonds is 5. The predicted molar refractivity (Wildman–Crippen MR) is 79.7 cm³/mol. The molecule has 1 amide bonds. The number of hydrogen-bond donors (Lipinski definition) is 1. The Morgan fingerprint density at radius 1 is 1.50 bits per heavy atom. The zero-order chi connectivity index (χ0) is 17.7. The van der Waals surface area contributed by atoms with Crippen LogP contribution in [0, 0.1) is 0 Å². The molecule has 7 nitrogen and oxygen atoms in total. The van der Waals surface area contributed by atoms with Gasteiger partial charge in [0, 0.05) is 32.7 Å². The van der Waals surface area contributed by atoms with E-state index < -0.39 is 18.5 Å². The van der Waals surface area contributed by atoms with Crippen molar-refractivity contribution in [3.8, 4) is 0 Å². The predicted octanol–water partition coefficient (Wildman–Crippen LogP) is 0.444. The molecule has 1 atom stereocenters. The van der Waals surface area contributed by atoms with Gasteiger partial charge in [0.25, 0.3) is 5.56 Å². The van der Waals surface area contributed by atoms with Crippen LogP contribution in [0.4, 0.5) is 18.9 Å². The van der Waals surface area contributed by atoms with Crippen molar-refractivity contribution in [2.75, 3.05) is 31.1 Å². The van der Waals surface area contributed by atoms with Crippen LogP contribution in [0.5, 0.6) is 0 Å². The monoisotopic (exact) mass is 348 g/mol. The Kier molecular flexibility index (Phi) is 5.81. The highest BCUT2D eigenvalue weighted by Gasteiger charge is 2.31. The van der Waals surface area contributed by atoms with Gasteiger partial charge in [-0.2, -0.15) is 18.3 Å². The second-order valence-electron chi connectivity index (χ2n) is 5.55. The average molecular weight is 348 g/mol. The van der Waals surface area contributed by atoms with Crippen molar-refractivity contribution < 1.29 is 22.7 Å². The highest BCUT2D eigenvalue weighted by atomic mass is 19.4. The van der Waals surface area contributed by atoms with Crippen LogP contribution in [0.2, 0.25) is 0 Å². The van der Waals surface area contributed by atoms with Gasteiger partial charge in [-0.3, -0.25) is 9.59 Å². The molecule has 1 saturated heterocycles. The second-order valence-corrected chi connectivity index (χ2v) is 5.55. The molecule has 10 heteroatoms. The number of nitrogens with one attached hydrogen (secondary N) is 1. The number of hydrogen-bond acceptors (Lipinski definition) is 5. The number of ether oxygens (including phenoxy) is 1. The van der Waals surface area contributed by atoms with E-state index in [9.17, 15) is 22.8 Å². The lowest BCUT2D eigenvalue weighted by molar-refractivity contribution is -0.153. The quantitative estimate of drug-likeness (QED) is 0.836. The number of nitrogens with zero attached hydrogens (tertiary/aromatic N) is 3. The summed E-state index contributed by atoms with van der Waals surface area (Å²) < 4.78 is 43.0. The summed E-state index contributed by atoms with van der Waals surface area (Å²) in [4.78, 5) is 24.7. The maximum Gasteiger partial charge on any atom is 0.397 e. The molecule has 1 aliphatic heterocycles. The Bertz CT molecular complexity index is 632. The van der Waals surface area contributed by atoms with Gasteiger partial charge in [0.15, 0.2) is 0 Å². The van der Waals surface area contributed by atoms with E-state index in [4.69, 9.17) is 4.74 Å². The highest BCUT2D eigenvalue weighted by Crippen LogP contribution is 2.19. The normalized spacial score (nSPS) is 18.5. The molecule has 0 aromatic carbocycles. The average Bonchev–Trinajstić information content (AvgIpc) is 2.48. The fourth-order valence-corrected chi connectivity index (χ4v) is 2.38. The lowest BCUT2D eigenvalue weighted by Crippen LogP contribution is -2.44. The summed E-state index contributed by atoms with van der Waals surface area (Å²) in [6.07, 6.45) is -4.26. The Morgan fingerprint density at radius 3 is 2.92 bits per heavy atom. The van der Waals surface area contributed by atoms with E-state index in [1.165, 1.54) is 10.7 Å². The Hall–Kier alpha value is -2.10. The number of aromatic nitrogens is 2. The molecule has 0 bridgehead atoms. The van der Waals surface area contributed by atoms with Gasteiger partial charge in [0.1, 0.15) is 6.42 Å². The maximum absolute atomic E-state index is 12.1. The molecule has 2 heterocycles. The van der Waals surface area contributed by atoms with Crippen molar-refractivity contribution in [2.45, 2.75) is 25.1 Å². The minimum absolute atomic E-state index is 0.0994. The van der Waals surface area contributed by atoms with E-state index in [0.717, 1.165) is 0 Å². The summed E-state index contributed by atoms with van der Waals surface area (Å²) in [5, 5.41) is 6.19. The fourth-order valence-electron chi connectivity index (χ4n) is 2.38. The van der Waals surface area contributed by atoms with E-state index in [1.54, 1.807) is 13.2 Å². The standard InChI is InChI=1S/C14H19F3N4O3/c1-20-13(23)6-10(8-19-20)21-4-5-24-11(9-21)2-3-18-12(22)7-14(15,16)17/h6,8,11H,2-5,7,9H2,1H3,(H,18,22). The molecule has 1 aromatic heterocycles. The first-order valence-electron chi connectivity index (χ1n) is 7.48. The number of alkyl halides is 3. The van der Waals surface area contributed by atoms with E-state index in [-0.39, 0.29) is 18.2 Å². The van der Waals surface area contributed by atoms with Crippen molar-refractivity contribution in [1.29, 1.82) is 0 Å². The SMILES string of the molecule is Cn1ncc(N2CCOC(CCNC(=O)CC(F)(F)F)C2)cc1=O. The second kappa shape index (κ2) is 7.65. The molecular formula is C14H19F3N4O3. The van der Waals surface area contributed by atoms with Crippen LogP contribution in [-0.4, -0.2) is 54.2 Å². The Labute approximate surface area is 136 Å². The van der Waals surface area contributed by atoms with Gasteiger partial charge in [-0.25, -0.2) is 4.68 Å². The first-order valence-corrected chi connectivity index (χ1v) is 7.48. The van der Waals surface area contributed by atoms with Gasteiger partial charge in [-0.05, 0) is 6.42 Å². The van der Waals surface area contributed by atoms with Crippen molar-refractivity contribution in [3.63, 3.8) is 0 Å². The molecule has 24 heavy (non-hydrogen) atoms. The summed E-state index contributed by atoms with van der Waals surface area (Å²) in [5.74, 6) is -1.05. The van der Waals surface area contributed by atoms with E-state index >= 15 is 0 Å². The summed E-state index contributed by atoms with van der Waals surface area (Å²) in [7, 11) is 1.55. The molecule has 1 fully saturated rings. The molecule has 0 radical (unpaired) electrons. The minimum Gasteiger partial charge on any atom is -0.374 e. The Morgan fingerprint density at radius 2 is 2.25 bits per heavy atom. The van der Waals surface area contributed by atoms with Gasteiger partial charge in [0.05, 0.1) is 24.6 Å². The van der Waals surface area contributed by atoms with Crippen molar-refractivity contribution in [2.24, 2.45) is 7.05 Å². The minimum atomic E-state index is -4.51. The molecule has 1 aliphatic rings. The smallest absolute Gasteiger partial charge is 0.374 e. The van der Waals surface area contributed by atoms with Crippen molar-refractivity contribution in [1.82, 2.24) is 15.1 Å². The number of halogens is 3. The number of carbonyl (C=O) groups excluding carboxylic acids is 1. The third-order valence-corrected chi connectivity index (χ3v) is 3.61.